The van der Waals surface area contributed by atoms with Gasteiger partial charge in [-0.2, -0.15) is 5.10 Å². The van der Waals surface area contributed by atoms with Gasteiger partial charge >= 0.3 is 5.97 Å². The fourth-order valence-electron chi connectivity index (χ4n) is 5.66. The van der Waals surface area contributed by atoms with Crippen LogP contribution in [0.25, 0.3) is 15.9 Å². The number of carboxylic acids is 1. The van der Waals surface area contributed by atoms with E-state index in [1.54, 1.807) is 11.3 Å². The molecule has 7 nitrogen and oxygen atoms in total. The molecule has 3 aromatic heterocycles. The molecule has 1 aromatic carbocycles. The molecular weight excluding hydrogens is 448 g/mol. The molecule has 0 bridgehead atoms. The average Bonchev–Trinajstić information content (AvgIpc) is 3.47. The minimum atomic E-state index is -0.689. The van der Waals surface area contributed by atoms with Gasteiger partial charge in [0.2, 0.25) is 0 Å². The third-order valence-corrected chi connectivity index (χ3v) is 8.33. The Labute approximate surface area is 201 Å². The molecule has 2 fully saturated rings. The highest BCUT2D eigenvalue weighted by Crippen LogP contribution is 2.58. The number of hydrogen-bond acceptors (Lipinski definition) is 4. The number of thiophene rings is 1. The summed E-state index contributed by atoms with van der Waals surface area (Å²) in [6.07, 6.45) is 9.16. The summed E-state index contributed by atoms with van der Waals surface area (Å²) in [5.74, 6) is -0.927. The van der Waals surface area contributed by atoms with Crippen LogP contribution in [0, 0.1) is 18.3 Å². The number of hydrogen-bond donors (Lipinski definition) is 2. The summed E-state index contributed by atoms with van der Waals surface area (Å²) in [6.45, 7) is 2.71. The summed E-state index contributed by atoms with van der Waals surface area (Å²) in [6, 6.07) is 10.5. The van der Waals surface area contributed by atoms with Gasteiger partial charge in [0.25, 0.3) is 5.91 Å². The zero-order valence-electron chi connectivity index (χ0n) is 18.9. The highest BCUT2D eigenvalue weighted by atomic mass is 32.1. The van der Waals surface area contributed by atoms with Gasteiger partial charge in [-0.15, -0.1) is 11.3 Å². The van der Waals surface area contributed by atoms with E-state index in [0.29, 0.717) is 12.1 Å². The number of aliphatic carboxylic acids is 1. The van der Waals surface area contributed by atoms with Gasteiger partial charge in [0.05, 0.1) is 33.6 Å². The minimum absolute atomic E-state index is 0.0374. The summed E-state index contributed by atoms with van der Waals surface area (Å²) in [5, 5.41) is 18.6. The van der Waals surface area contributed by atoms with Crippen LogP contribution in [-0.4, -0.2) is 37.4 Å². The maximum atomic E-state index is 13.1. The third-order valence-electron chi connectivity index (χ3n) is 7.40. The normalized spacial score (nSPS) is 23.6. The van der Waals surface area contributed by atoms with Crippen LogP contribution in [0.5, 0.6) is 0 Å². The fraction of sp³-hybridized carbons (Fsp3) is 0.346. The number of benzene rings is 1. The van der Waals surface area contributed by atoms with Crippen molar-refractivity contribution in [2.45, 2.75) is 45.2 Å². The number of carbonyl (C=O) groups excluding carboxylic acids is 1. The zero-order chi connectivity index (χ0) is 23.4. The van der Waals surface area contributed by atoms with Crippen molar-refractivity contribution in [1.29, 1.82) is 0 Å². The Bertz CT molecular complexity index is 1380. The van der Waals surface area contributed by atoms with E-state index in [1.807, 2.05) is 35.6 Å². The van der Waals surface area contributed by atoms with Crippen LogP contribution in [-0.2, 0) is 11.3 Å². The first kappa shape index (κ1) is 21.2. The molecule has 1 amide bonds. The van der Waals surface area contributed by atoms with Crippen LogP contribution < -0.4 is 5.32 Å². The number of rotatable bonds is 6. The Kier molecular flexibility index (Phi) is 4.88. The second-order valence-electron chi connectivity index (χ2n) is 9.96. The van der Waals surface area contributed by atoms with E-state index in [-0.39, 0.29) is 23.3 Å². The van der Waals surface area contributed by atoms with Crippen molar-refractivity contribution < 1.29 is 14.7 Å². The predicted octanol–water partition coefficient (Wildman–Crippen LogP) is 4.62. The molecule has 4 aromatic rings. The number of carbonyl (C=O) groups is 2. The summed E-state index contributed by atoms with van der Waals surface area (Å²) in [5.41, 5.74) is 5.12. The van der Waals surface area contributed by atoms with E-state index in [1.165, 1.54) is 0 Å². The van der Waals surface area contributed by atoms with Crippen molar-refractivity contribution in [2.75, 3.05) is 0 Å². The van der Waals surface area contributed by atoms with Crippen LogP contribution in [0.2, 0.25) is 0 Å². The monoisotopic (exact) mass is 474 g/mol. The minimum Gasteiger partial charge on any atom is -0.481 e. The molecule has 0 unspecified atom stereocenters. The van der Waals surface area contributed by atoms with Gasteiger partial charge in [-0.3, -0.25) is 9.59 Å². The number of carboxylic acid groups (broad SMARTS) is 1. The van der Waals surface area contributed by atoms with E-state index in [9.17, 15) is 9.59 Å². The zero-order valence-corrected chi connectivity index (χ0v) is 19.7. The first-order valence-corrected chi connectivity index (χ1v) is 12.5. The van der Waals surface area contributed by atoms with Crippen LogP contribution in [0.4, 0.5) is 0 Å². The van der Waals surface area contributed by atoms with E-state index < -0.39 is 5.97 Å². The Hall–Kier alpha value is -3.39. The Morgan fingerprint density at radius 3 is 2.62 bits per heavy atom. The van der Waals surface area contributed by atoms with Crippen molar-refractivity contribution in [3.63, 3.8) is 0 Å². The lowest BCUT2D eigenvalue weighted by atomic mass is 9.50. The molecule has 174 valence electrons. The smallest absolute Gasteiger partial charge is 0.306 e. The van der Waals surface area contributed by atoms with Crippen molar-refractivity contribution in [3.8, 4) is 5.69 Å². The molecule has 2 N–H and O–H groups in total. The van der Waals surface area contributed by atoms with Gasteiger partial charge < -0.3 is 15.0 Å². The quantitative estimate of drug-likeness (QED) is 0.427. The molecule has 3 heterocycles. The van der Waals surface area contributed by atoms with Crippen molar-refractivity contribution in [3.05, 3.63) is 71.0 Å². The number of aryl methyl sites for hydroxylation is 1. The SMILES string of the molecule is Cc1cnn(-c2ccc(Cn3ccc4scc(C(=O)NC5CC6(C5)CC(C(=O)O)C6)c43)cc2)c1. The van der Waals surface area contributed by atoms with Gasteiger partial charge in [0, 0.05) is 30.4 Å². The molecular formula is C26H26N4O3S. The average molecular weight is 475 g/mol. The molecule has 2 saturated carbocycles. The number of nitrogens with zero attached hydrogens (tertiary/aromatic N) is 3. The molecule has 2 aliphatic rings. The highest BCUT2D eigenvalue weighted by Gasteiger charge is 2.55. The van der Waals surface area contributed by atoms with Crippen LogP contribution in [0.3, 0.4) is 0 Å². The Morgan fingerprint density at radius 2 is 1.94 bits per heavy atom. The van der Waals surface area contributed by atoms with Crippen molar-refractivity contribution in [1.82, 2.24) is 19.7 Å². The van der Waals surface area contributed by atoms with Crippen LogP contribution >= 0.6 is 11.3 Å². The molecule has 34 heavy (non-hydrogen) atoms. The Balaban J connectivity index is 1.14. The first-order chi connectivity index (χ1) is 16.4. The number of amides is 1. The third kappa shape index (κ3) is 3.62. The molecule has 8 heteroatoms. The maximum absolute atomic E-state index is 13.1. The fourth-order valence-corrected chi connectivity index (χ4v) is 6.60. The van der Waals surface area contributed by atoms with Crippen molar-refractivity contribution in [2.24, 2.45) is 11.3 Å². The van der Waals surface area contributed by atoms with Crippen molar-refractivity contribution >= 4 is 33.4 Å². The van der Waals surface area contributed by atoms with E-state index >= 15 is 0 Å². The summed E-state index contributed by atoms with van der Waals surface area (Å²) in [7, 11) is 0. The Morgan fingerprint density at radius 1 is 1.18 bits per heavy atom. The molecule has 0 radical (unpaired) electrons. The van der Waals surface area contributed by atoms with E-state index in [2.05, 4.69) is 45.3 Å². The summed E-state index contributed by atoms with van der Waals surface area (Å²) < 4.78 is 5.10. The molecule has 1 spiro atoms. The molecule has 6 rings (SSSR count). The molecule has 0 atom stereocenters. The highest BCUT2D eigenvalue weighted by molar-refractivity contribution is 7.17. The predicted molar refractivity (Wildman–Crippen MR) is 130 cm³/mol. The lowest BCUT2D eigenvalue weighted by Crippen LogP contribution is -2.57. The van der Waals surface area contributed by atoms with Gasteiger partial charge in [-0.25, -0.2) is 4.68 Å². The van der Waals surface area contributed by atoms with Crippen LogP contribution in [0.15, 0.2) is 54.3 Å². The second kappa shape index (κ2) is 7.84. The number of fused-ring (bicyclic) bond motifs is 1. The number of nitrogens with one attached hydrogen (secondary N) is 1. The molecule has 2 aliphatic carbocycles. The van der Waals surface area contributed by atoms with Crippen LogP contribution in [0.1, 0.15) is 47.2 Å². The van der Waals surface area contributed by atoms with Gasteiger partial charge in [0.15, 0.2) is 0 Å². The lowest BCUT2D eigenvalue weighted by Gasteiger charge is -2.56. The lowest BCUT2D eigenvalue weighted by molar-refractivity contribution is -0.155. The molecule has 0 saturated heterocycles. The van der Waals surface area contributed by atoms with Gasteiger partial charge in [0.1, 0.15) is 0 Å². The number of aromatic nitrogens is 3. The van der Waals surface area contributed by atoms with Gasteiger partial charge in [-0.05, 0) is 67.3 Å². The molecule has 0 aliphatic heterocycles. The largest absolute Gasteiger partial charge is 0.481 e. The topological polar surface area (TPSA) is 89.2 Å². The van der Waals surface area contributed by atoms with E-state index in [0.717, 1.165) is 52.7 Å². The summed E-state index contributed by atoms with van der Waals surface area (Å²) in [4.78, 5) is 24.2. The second-order valence-corrected chi connectivity index (χ2v) is 10.9. The first-order valence-electron chi connectivity index (χ1n) is 11.6. The van der Waals surface area contributed by atoms with E-state index in [4.69, 9.17) is 5.11 Å². The van der Waals surface area contributed by atoms with Gasteiger partial charge in [-0.1, -0.05) is 12.1 Å². The summed E-state index contributed by atoms with van der Waals surface area (Å²) >= 11 is 1.59. The maximum Gasteiger partial charge on any atom is 0.306 e. The standard InChI is InChI=1S/C26H26N4O3S/c1-16-12-27-30(13-16)20-4-2-17(3-5-20)14-29-7-6-22-23(29)21(15-34-22)24(31)28-19-10-26(11-19)8-18(9-26)25(32)33/h2-7,12-13,15,18-19H,8-11,14H2,1H3,(H,28,31)(H,32,33).